The topological polar surface area (TPSA) is 182 Å². The Morgan fingerprint density at radius 3 is 2.33 bits per heavy atom. The Bertz CT molecular complexity index is 1730. The van der Waals surface area contributed by atoms with Crippen LogP contribution in [0.25, 0.3) is 0 Å². The fraction of sp³-hybridized carbons (Fsp3) is 0.500. The zero-order valence-corrected chi connectivity index (χ0v) is 28.1. The number of nitrogens with zero attached hydrogens (tertiary/aromatic N) is 3. The number of amides is 3. The molecule has 3 amide bonds. The van der Waals surface area contributed by atoms with Crippen LogP contribution in [0.1, 0.15) is 84.3 Å². The second-order valence-corrected chi connectivity index (χ2v) is 14.8. The number of oxazole rings is 1. The lowest BCUT2D eigenvalue weighted by molar-refractivity contribution is -0.122. The zero-order chi connectivity index (χ0) is 33.3. The number of sulfonamides is 1. The zero-order valence-electron chi connectivity index (χ0n) is 26.4. The standard InChI is InChI=1S/C30H38N6O8S2/c1-15(2)24-29-35-26(18(6)44-29)28(39)31-17(5)12-36(46(40,41)19-7-8-21-22(11-19)43-10-9-42-21)13-23(37)33-25(16(3)4)30-32-20(14-45-30)27(38)34-24/h7-8,11,14-17,24-25H,9-10,12-13H2,1-6H3,(H,31,39)(H,33,37)(H,34,38)/t17-,24-,25+/m1/s1. The second kappa shape index (κ2) is 13.4. The number of fused-ring (bicyclic) bond motifs is 5. The van der Waals surface area contributed by atoms with Gasteiger partial charge in [0, 0.05) is 24.0 Å². The summed E-state index contributed by atoms with van der Waals surface area (Å²) in [5.41, 5.74) is 0.141. The molecule has 5 rings (SSSR count). The third-order valence-corrected chi connectivity index (χ3v) is 10.3. The molecule has 3 atom stereocenters. The van der Waals surface area contributed by atoms with Gasteiger partial charge in [0.25, 0.3) is 11.8 Å². The number of rotatable bonds is 4. The van der Waals surface area contributed by atoms with Crippen molar-refractivity contribution in [3.05, 3.63) is 51.6 Å². The van der Waals surface area contributed by atoms with Crippen molar-refractivity contribution in [3.8, 4) is 11.5 Å². The molecule has 248 valence electrons. The number of thiazole rings is 1. The molecular formula is C30H38N6O8S2. The highest BCUT2D eigenvalue weighted by atomic mass is 32.2. The predicted octanol–water partition coefficient (Wildman–Crippen LogP) is 2.97. The van der Waals surface area contributed by atoms with E-state index in [0.29, 0.717) is 17.4 Å². The molecule has 0 aliphatic carbocycles. The van der Waals surface area contributed by atoms with Gasteiger partial charge in [-0.05, 0) is 37.8 Å². The first-order chi connectivity index (χ1) is 21.7. The lowest BCUT2D eigenvalue weighted by Crippen LogP contribution is -2.48. The maximum absolute atomic E-state index is 14.0. The maximum Gasteiger partial charge on any atom is 0.273 e. The van der Waals surface area contributed by atoms with Gasteiger partial charge >= 0.3 is 0 Å². The highest BCUT2D eigenvalue weighted by Gasteiger charge is 2.34. The molecule has 0 spiro atoms. The third-order valence-electron chi connectivity index (χ3n) is 7.58. The van der Waals surface area contributed by atoms with Gasteiger partial charge in [-0.15, -0.1) is 11.3 Å². The molecule has 0 saturated carbocycles. The number of ether oxygens (including phenoxy) is 2. The summed E-state index contributed by atoms with van der Waals surface area (Å²) in [6, 6.07) is 2.23. The summed E-state index contributed by atoms with van der Waals surface area (Å²) in [7, 11) is -4.28. The van der Waals surface area contributed by atoms with Gasteiger partial charge in [-0.25, -0.2) is 18.4 Å². The predicted molar refractivity (Wildman–Crippen MR) is 167 cm³/mol. The van der Waals surface area contributed by atoms with Crippen LogP contribution in [-0.2, 0) is 14.8 Å². The average Bonchev–Trinajstić information content (AvgIpc) is 3.64. The van der Waals surface area contributed by atoms with Gasteiger partial charge in [-0.3, -0.25) is 14.4 Å². The van der Waals surface area contributed by atoms with E-state index in [2.05, 4.69) is 25.9 Å². The second-order valence-electron chi connectivity index (χ2n) is 12.0. The monoisotopic (exact) mass is 674 g/mol. The molecule has 0 fully saturated rings. The van der Waals surface area contributed by atoms with Crippen molar-refractivity contribution in [1.82, 2.24) is 30.2 Å². The molecule has 2 aliphatic rings. The fourth-order valence-electron chi connectivity index (χ4n) is 5.14. The summed E-state index contributed by atoms with van der Waals surface area (Å²) in [6.45, 7) is 10.6. The Morgan fingerprint density at radius 1 is 0.935 bits per heavy atom. The minimum Gasteiger partial charge on any atom is -0.486 e. The van der Waals surface area contributed by atoms with Crippen LogP contribution in [0.3, 0.4) is 0 Å². The van der Waals surface area contributed by atoms with Gasteiger partial charge in [-0.2, -0.15) is 4.31 Å². The lowest BCUT2D eigenvalue weighted by Gasteiger charge is -2.27. The van der Waals surface area contributed by atoms with E-state index in [1.165, 1.54) is 29.5 Å². The Labute approximate surface area is 271 Å². The van der Waals surface area contributed by atoms with Crippen LogP contribution in [0.4, 0.5) is 0 Å². The molecule has 0 unspecified atom stereocenters. The molecule has 14 nitrogen and oxygen atoms in total. The smallest absolute Gasteiger partial charge is 0.273 e. The van der Waals surface area contributed by atoms with Crippen molar-refractivity contribution in [2.75, 3.05) is 26.3 Å². The number of carbonyl (C=O) groups excluding carboxylic acids is 3. The van der Waals surface area contributed by atoms with Crippen LogP contribution in [0.2, 0.25) is 0 Å². The molecule has 16 heteroatoms. The minimum absolute atomic E-state index is 0.00225. The molecule has 1 aromatic carbocycles. The van der Waals surface area contributed by atoms with Crippen molar-refractivity contribution >= 4 is 39.1 Å². The highest BCUT2D eigenvalue weighted by molar-refractivity contribution is 7.89. The summed E-state index contributed by atoms with van der Waals surface area (Å²) < 4.78 is 46.1. The number of nitrogens with one attached hydrogen (secondary N) is 3. The lowest BCUT2D eigenvalue weighted by atomic mass is 10.0. The number of hydrogen-bond donors (Lipinski definition) is 3. The van der Waals surface area contributed by atoms with Crippen molar-refractivity contribution in [1.29, 1.82) is 0 Å². The van der Waals surface area contributed by atoms with E-state index in [9.17, 15) is 22.8 Å². The summed E-state index contributed by atoms with van der Waals surface area (Å²) >= 11 is 1.21. The van der Waals surface area contributed by atoms with Gasteiger partial charge < -0.3 is 29.8 Å². The first-order valence-electron chi connectivity index (χ1n) is 15.0. The van der Waals surface area contributed by atoms with Gasteiger partial charge in [0.1, 0.15) is 35.7 Å². The summed E-state index contributed by atoms with van der Waals surface area (Å²) in [5, 5.41) is 10.7. The van der Waals surface area contributed by atoms with Crippen molar-refractivity contribution in [3.63, 3.8) is 0 Å². The first-order valence-corrected chi connectivity index (χ1v) is 17.3. The number of aromatic nitrogens is 2. The molecular weight excluding hydrogens is 636 g/mol. The quantitative estimate of drug-likeness (QED) is 0.372. The van der Waals surface area contributed by atoms with Crippen LogP contribution in [0, 0.1) is 18.8 Å². The van der Waals surface area contributed by atoms with Crippen LogP contribution in [0.15, 0.2) is 32.9 Å². The van der Waals surface area contributed by atoms with Gasteiger partial charge in [0.2, 0.25) is 21.8 Å². The number of aryl methyl sites for hydroxylation is 1. The largest absolute Gasteiger partial charge is 0.486 e. The number of benzene rings is 1. The van der Waals surface area contributed by atoms with E-state index in [-0.39, 0.29) is 58.7 Å². The Balaban J connectivity index is 1.54. The normalized spacial score (nSPS) is 21.7. The Kier molecular flexibility index (Phi) is 9.70. The molecule has 2 aromatic heterocycles. The van der Waals surface area contributed by atoms with Gasteiger partial charge in [0.05, 0.1) is 17.5 Å². The van der Waals surface area contributed by atoms with E-state index < -0.39 is 52.4 Å². The van der Waals surface area contributed by atoms with Crippen LogP contribution in [-0.4, -0.2) is 72.8 Å². The van der Waals surface area contributed by atoms with Crippen molar-refractivity contribution in [2.24, 2.45) is 11.8 Å². The summed E-state index contributed by atoms with van der Waals surface area (Å²) in [4.78, 5) is 49.0. The number of carbonyl (C=O) groups is 3. The SMILES string of the molecule is Cc1oc2nc1C(=O)N[C@H](C)CN(S(=O)(=O)c1ccc3c(c1)OCCO3)CC(=O)N[C@@H](C(C)C)c1nc(cs1)C(=O)N[C@@H]2C(C)C. The van der Waals surface area contributed by atoms with Gasteiger partial charge in [0.15, 0.2) is 17.2 Å². The van der Waals surface area contributed by atoms with Crippen LogP contribution >= 0.6 is 11.3 Å². The van der Waals surface area contributed by atoms with E-state index in [0.717, 1.165) is 4.31 Å². The third kappa shape index (κ3) is 7.03. The van der Waals surface area contributed by atoms with E-state index in [1.54, 1.807) is 19.2 Å². The summed E-state index contributed by atoms with van der Waals surface area (Å²) in [6.07, 6.45) is 0. The highest BCUT2D eigenvalue weighted by Crippen LogP contribution is 2.33. The first kappa shape index (κ1) is 33.3. The van der Waals surface area contributed by atoms with E-state index in [1.807, 2.05) is 27.7 Å². The molecule has 2 aliphatic heterocycles. The average molecular weight is 675 g/mol. The molecule has 0 saturated heterocycles. The molecule has 4 heterocycles. The molecule has 4 bridgehead atoms. The van der Waals surface area contributed by atoms with E-state index in [4.69, 9.17) is 13.9 Å². The van der Waals surface area contributed by atoms with Gasteiger partial charge in [-0.1, -0.05) is 27.7 Å². The van der Waals surface area contributed by atoms with E-state index >= 15 is 0 Å². The van der Waals surface area contributed by atoms with Crippen molar-refractivity contribution < 1.29 is 36.7 Å². The minimum atomic E-state index is -4.28. The Morgan fingerprint density at radius 2 is 1.63 bits per heavy atom. The Hall–Kier alpha value is -4.02. The molecule has 3 N–H and O–H groups in total. The molecule has 3 aromatic rings. The maximum atomic E-state index is 14.0. The number of hydrogen-bond acceptors (Lipinski definition) is 11. The fourth-order valence-corrected chi connectivity index (χ4v) is 7.66. The van der Waals surface area contributed by atoms with Crippen LogP contribution in [0.5, 0.6) is 11.5 Å². The van der Waals surface area contributed by atoms with Crippen molar-refractivity contribution in [2.45, 2.75) is 64.6 Å². The van der Waals surface area contributed by atoms with Crippen LogP contribution < -0.4 is 25.4 Å². The molecule has 46 heavy (non-hydrogen) atoms. The molecule has 0 radical (unpaired) electrons. The summed E-state index contributed by atoms with van der Waals surface area (Å²) in [5.74, 6) is -0.862.